The summed E-state index contributed by atoms with van der Waals surface area (Å²) >= 11 is 0. The summed E-state index contributed by atoms with van der Waals surface area (Å²) in [5.74, 6) is 1.13. The minimum absolute atomic E-state index is 0.205. The van der Waals surface area contributed by atoms with E-state index in [1.54, 1.807) is 6.07 Å². The number of amides is 1. The van der Waals surface area contributed by atoms with E-state index in [2.05, 4.69) is 11.2 Å². The van der Waals surface area contributed by atoms with E-state index >= 15 is 0 Å². The first-order valence-corrected chi connectivity index (χ1v) is 8.94. The van der Waals surface area contributed by atoms with E-state index in [4.69, 9.17) is 11.2 Å². The van der Waals surface area contributed by atoms with Gasteiger partial charge < -0.3 is 15.2 Å². The normalized spacial score (nSPS) is 18.6. The summed E-state index contributed by atoms with van der Waals surface area (Å²) in [6.45, 7) is 3.43. The number of aliphatic carboxylic acids is 1. The molecular formula is C20H24N2O4. The minimum Gasteiger partial charge on any atom is -0.479 e. The number of hydrogen-bond donors (Lipinski definition) is 2. The molecule has 0 spiro atoms. The summed E-state index contributed by atoms with van der Waals surface area (Å²) in [6.07, 6.45) is 8.29. The standard InChI is InChI=1S/C20H24N2O4/c1-3-18(23)22(20(19(24)25)8-10-26-11-9-20)16-6-7-17(14(2)12-16)21-13-15-4-5-15/h1,6-7,12,15,21H,4-5,8-11,13H2,2H3,(H,24,25). The van der Waals surface area contributed by atoms with Gasteiger partial charge in [-0.3, -0.25) is 9.69 Å². The number of rotatable bonds is 6. The van der Waals surface area contributed by atoms with Crippen LogP contribution in [-0.4, -0.2) is 42.3 Å². The van der Waals surface area contributed by atoms with Crippen LogP contribution in [-0.2, 0) is 14.3 Å². The van der Waals surface area contributed by atoms with Crippen molar-refractivity contribution < 1.29 is 19.4 Å². The maximum absolute atomic E-state index is 12.5. The molecule has 2 fully saturated rings. The number of terminal acetylenes is 1. The maximum atomic E-state index is 12.5. The molecule has 0 radical (unpaired) electrons. The second kappa shape index (κ2) is 7.38. The second-order valence-electron chi connectivity index (χ2n) is 7.06. The smallest absolute Gasteiger partial charge is 0.330 e. The lowest BCUT2D eigenvalue weighted by Crippen LogP contribution is -2.60. The highest BCUT2D eigenvalue weighted by molar-refractivity contribution is 6.10. The van der Waals surface area contributed by atoms with Crippen LogP contribution in [0, 0.1) is 25.2 Å². The molecular weight excluding hydrogens is 332 g/mol. The van der Waals surface area contributed by atoms with Gasteiger partial charge >= 0.3 is 11.9 Å². The topological polar surface area (TPSA) is 78.9 Å². The SMILES string of the molecule is C#CC(=O)N(c1ccc(NCC2CC2)c(C)c1)C1(C(=O)O)CCOCC1. The average Bonchev–Trinajstić information content (AvgIpc) is 3.46. The van der Waals surface area contributed by atoms with Crippen molar-refractivity contribution in [3.63, 3.8) is 0 Å². The fourth-order valence-electron chi connectivity index (χ4n) is 3.43. The van der Waals surface area contributed by atoms with Crippen molar-refractivity contribution in [2.75, 3.05) is 30.0 Å². The summed E-state index contributed by atoms with van der Waals surface area (Å²) < 4.78 is 5.31. The Kier molecular flexibility index (Phi) is 5.19. The van der Waals surface area contributed by atoms with Gasteiger partial charge in [0.05, 0.1) is 0 Å². The molecule has 1 amide bonds. The first-order valence-electron chi connectivity index (χ1n) is 8.94. The third kappa shape index (κ3) is 3.54. The Hall–Kier alpha value is -2.52. The first kappa shape index (κ1) is 18.3. The predicted molar refractivity (Wildman–Crippen MR) is 99.1 cm³/mol. The molecule has 1 aliphatic carbocycles. The number of ether oxygens (including phenoxy) is 1. The van der Waals surface area contributed by atoms with Crippen LogP contribution < -0.4 is 10.2 Å². The zero-order valence-corrected chi connectivity index (χ0v) is 15.0. The van der Waals surface area contributed by atoms with Gasteiger partial charge in [0.15, 0.2) is 5.54 Å². The second-order valence-corrected chi connectivity index (χ2v) is 7.06. The van der Waals surface area contributed by atoms with E-state index in [0.29, 0.717) is 5.69 Å². The molecule has 1 aromatic carbocycles. The maximum Gasteiger partial charge on any atom is 0.330 e. The predicted octanol–water partition coefficient (Wildman–Crippen LogP) is 2.42. The molecule has 2 aliphatic rings. The quantitative estimate of drug-likeness (QED) is 0.766. The molecule has 1 saturated heterocycles. The van der Waals surface area contributed by atoms with Gasteiger partial charge in [-0.25, -0.2) is 4.79 Å². The van der Waals surface area contributed by atoms with Gasteiger partial charge in [-0.05, 0) is 55.4 Å². The van der Waals surface area contributed by atoms with Gasteiger partial charge in [-0.15, -0.1) is 6.42 Å². The van der Waals surface area contributed by atoms with Gasteiger partial charge in [-0.2, -0.15) is 0 Å². The van der Waals surface area contributed by atoms with Gasteiger partial charge in [0, 0.05) is 44.0 Å². The Bertz CT molecular complexity index is 743. The van der Waals surface area contributed by atoms with Crippen molar-refractivity contribution >= 4 is 23.3 Å². The summed E-state index contributed by atoms with van der Waals surface area (Å²) in [4.78, 5) is 25.9. The third-order valence-corrected chi connectivity index (χ3v) is 5.22. The Labute approximate surface area is 153 Å². The largest absolute Gasteiger partial charge is 0.479 e. The Morgan fingerprint density at radius 2 is 2.08 bits per heavy atom. The molecule has 138 valence electrons. The van der Waals surface area contributed by atoms with Crippen LogP contribution in [0.4, 0.5) is 11.4 Å². The van der Waals surface area contributed by atoms with E-state index in [1.807, 2.05) is 19.1 Å². The summed E-state index contributed by atoms with van der Waals surface area (Å²) in [5.41, 5.74) is 1.07. The fourth-order valence-corrected chi connectivity index (χ4v) is 3.43. The zero-order valence-electron chi connectivity index (χ0n) is 15.0. The van der Waals surface area contributed by atoms with Crippen LogP contribution >= 0.6 is 0 Å². The number of hydrogen-bond acceptors (Lipinski definition) is 4. The van der Waals surface area contributed by atoms with Crippen LogP contribution in [0.2, 0.25) is 0 Å². The number of anilines is 2. The fraction of sp³-hybridized carbons (Fsp3) is 0.500. The molecule has 0 unspecified atom stereocenters. The van der Waals surface area contributed by atoms with Crippen LogP contribution in [0.15, 0.2) is 18.2 Å². The Morgan fingerprint density at radius 3 is 2.62 bits per heavy atom. The molecule has 2 N–H and O–H groups in total. The highest BCUT2D eigenvalue weighted by Gasteiger charge is 2.48. The molecule has 1 aliphatic heterocycles. The van der Waals surface area contributed by atoms with E-state index < -0.39 is 17.4 Å². The summed E-state index contributed by atoms with van der Waals surface area (Å²) in [6, 6.07) is 5.47. The Balaban J connectivity index is 1.94. The van der Waals surface area contributed by atoms with Crippen molar-refractivity contribution in [3.05, 3.63) is 23.8 Å². The average molecular weight is 356 g/mol. The van der Waals surface area contributed by atoms with Crippen LogP contribution in [0.1, 0.15) is 31.2 Å². The molecule has 0 bridgehead atoms. The number of carboxylic acid groups (broad SMARTS) is 1. The minimum atomic E-state index is -1.38. The molecule has 3 rings (SSSR count). The number of carbonyl (C=O) groups excluding carboxylic acids is 1. The van der Waals surface area contributed by atoms with E-state index in [9.17, 15) is 14.7 Å². The monoisotopic (exact) mass is 356 g/mol. The number of nitrogens with one attached hydrogen (secondary N) is 1. The number of carbonyl (C=O) groups is 2. The molecule has 0 atom stereocenters. The highest BCUT2D eigenvalue weighted by Crippen LogP contribution is 2.35. The van der Waals surface area contributed by atoms with E-state index in [0.717, 1.165) is 23.7 Å². The number of nitrogens with zero attached hydrogens (tertiary/aromatic N) is 1. The Morgan fingerprint density at radius 1 is 1.38 bits per heavy atom. The molecule has 6 heteroatoms. The van der Waals surface area contributed by atoms with E-state index in [-0.39, 0.29) is 26.1 Å². The molecule has 1 saturated carbocycles. The highest BCUT2D eigenvalue weighted by atomic mass is 16.5. The number of benzene rings is 1. The lowest BCUT2D eigenvalue weighted by Gasteiger charge is -2.42. The molecule has 0 aromatic heterocycles. The molecule has 26 heavy (non-hydrogen) atoms. The van der Waals surface area contributed by atoms with E-state index in [1.165, 1.54) is 17.7 Å². The van der Waals surface area contributed by atoms with Crippen LogP contribution in [0.5, 0.6) is 0 Å². The first-order chi connectivity index (χ1) is 12.5. The van der Waals surface area contributed by atoms with Gasteiger partial charge in [0.2, 0.25) is 0 Å². The van der Waals surface area contributed by atoms with Gasteiger partial charge in [0.25, 0.3) is 0 Å². The third-order valence-electron chi connectivity index (χ3n) is 5.22. The van der Waals surface area contributed by atoms with Crippen molar-refractivity contribution in [2.24, 2.45) is 5.92 Å². The van der Waals surface area contributed by atoms with Crippen molar-refractivity contribution in [1.29, 1.82) is 0 Å². The van der Waals surface area contributed by atoms with Crippen molar-refractivity contribution in [3.8, 4) is 12.3 Å². The van der Waals surface area contributed by atoms with Gasteiger partial charge in [-0.1, -0.05) is 0 Å². The van der Waals surface area contributed by atoms with Crippen molar-refractivity contribution in [1.82, 2.24) is 0 Å². The lowest BCUT2D eigenvalue weighted by molar-refractivity contribution is -0.148. The number of aryl methyl sites for hydroxylation is 1. The van der Waals surface area contributed by atoms with Crippen molar-refractivity contribution in [2.45, 2.75) is 38.1 Å². The molecule has 1 aromatic rings. The summed E-state index contributed by atoms with van der Waals surface area (Å²) in [5, 5.41) is 13.3. The molecule has 6 nitrogen and oxygen atoms in total. The summed E-state index contributed by atoms with van der Waals surface area (Å²) in [7, 11) is 0. The van der Waals surface area contributed by atoms with Crippen LogP contribution in [0.25, 0.3) is 0 Å². The van der Waals surface area contributed by atoms with Gasteiger partial charge in [0.1, 0.15) is 0 Å². The number of carboxylic acids is 1. The zero-order chi connectivity index (χ0) is 18.7. The molecule has 1 heterocycles. The lowest BCUT2D eigenvalue weighted by atomic mass is 9.87. The van der Waals surface area contributed by atoms with Crippen LogP contribution in [0.3, 0.4) is 0 Å².